The van der Waals surface area contributed by atoms with Crippen molar-refractivity contribution in [1.82, 2.24) is 4.90 Å². The molecule has 7 nitrogen and oxygen atoms in total. The van der Waals surface area contributed by atoms with E-state index >= 15 is 0 Å². The van der Waals surface area contributed by atoms with E-state index in [1.807, 2.05) is 37.3 Å². The molecule has 2 aliphatic rings. The van der Waals surface area contributed by atoms with E-state index in [4.69, 9.17) is 9.47 Å². The molecule has 0 spiro atoms. The van der Waals surface area contributed by atoms with Crippen LogP contribution in [0.1, 0.15) is 49.1 Å². The Hall–Kier alpha value is -3.42. The Morgan fingerprint density at radius 2 is 1.84 bits per heavy atom. The topological polar surface area (TPSA) is 80.5 Å². The normalized spacial score (nSPS) is 20.1. The van der Waals surface area contributed by atoms with Crippen LogP contribution in [0.5, 0.6) is 5.75 Å². The highest BCUT2D eigenvalue weighted by atomic mass is 16.5. The summed E-state index contributed by atoms with van der Waals surface area (Å²) in [6, 6.07) is 12.6. The predicted octanol–water partition coefficient (Wildman–Crippen LogP) is 3.19. The summed E-state index contributed by atoms with van der Waals surface area (Å²) in [6.45, 7) is 16.6. The number of ketones is 1. The van der Waals surface area contributed by atoms with E-state index in [9.17, 15) is 14.7 Å². The van der Waals surface area contributed by atoms with E-state index in [1.165, 1.54) is 4.90 Å². The maximum absolute atomic E-state index is 13.4. The highest BCUT2D eigenvalue weighted by Gasteiger charge is 2.46. The van der Waals surface area contributed by atoms with Crippen LogP contribution >= 0.6 is 0 Å². The lowest BCUT2D eigenvalue weighted by atomic mass is 9.85. The molecule has 2 aromatic rings. The van der Waals surface area contributed by atoms with E-state index in [1.54, 1.807) is 23.1 Å². The maximum atomic E-state index is 13.4. The van der Waals surface area contributed by atoms with Gasteiger partial charge in [0.1, 0.15) is 31.2 Å². The van der Waals surface area contributed by atoms with Crippen LogP contribution in [0.25, 0.3) is 5.76 Å². The molecule has 2 aromatic carbocycles. The number of aliphatic hydroxyl groups is 1. The molecule has 1 amide bonds. The third-order valence-electron chi connectivity index (χ3n) is 7.36. The van der Waals surface area contributed by atoms with Crippen molar-refractivity contribution in [1.29, 1.82) is 0 Å². The number of Topliss-reactive ketones (excluding diaryl/α,β-unsaturated/α-hetero) is 1. The molecule has 0 bridgehead atoms. The second-order valence-corrected chi connectivity index (χ2v) is 11.1. The summed E-state index contributed by atoms with van der Waals surface area (Å²) in [5, 5.41) is 11.5. The van der Waals surface area contributed by atoms with E-state index in [2.05, 4.69) is 27.4 Å². The average Bonchev–Trinajstić information content (AvgIpc) is 3.15. The van der Waals surface area contributed by atoms with E-state index < -0.39 is 17.7 Å². The summed E-state index contributed by atoms with van der Waals surface area (Å²) in [5.74, 6) is -0.757. The molecule has 0 radical (unpaired) electrons. The van der Waals surface area contributed by atoms with E-state index in [-0.39, 0.29) is 16.7 Å². The first-order valence-electron chi connectivity index (χ1n) is 13.3. The third-order valence-corrected chi connectivity index (χ3v) is 7.36. The number of quaternary nitrogens is 1. The number of morpholine rings is 1. The summed E-state index contributed by atoms with van der Waals surface area (Å²) in [6.07, 6.45) is 1.66. The molecular formula is C31H39N2O5+. The largest absolute Gasteiger partial charge is 0.507 e. The van der Waals surface area contributed by atoms with Gasteiger partial charge in [0, 0.05) is 5.56 Å². The van der Waals surface area contributed by atoms with Crippen LogP contribution in [-0.4, -0.2) is 67.7 Å². The molecule has 7 heteroatoms. The summed E-state index contributed by atoms with van der Waals surface area (Å²) < 4.78 is 11.1. The Balaban J connectivity index is 1.75. The molecule has 0 aliphatic carbocycles. The molecule has 0 saturated carbocycles. The number of nitrogens with zero attached hydrogens (tertiary/aromatic N) is 1. The van der Waals surface area contributed by atoms with Crippen molar-refractivity contribution >= 4 is 17.4 Å². The lowest BCUT2D eigenvalue weighted by molar-refractivity contribution is -0.907. The number of aryl methyl sites for hydroxylation is 1. The van der Waals surface area contributed by atoms with Crippen LogP contribution in [0.2, 0.25) is 0 Å². The van der Waals surface area contributed by atoms with Gasteiger partial charge in [-0.3, -0.25) is 9.59 Å². The molecule has 4 rings (SSSR count). The Morgan fingerprint density at radius 1 is 1.16 bits per heavy atom. The van der Waals surface area contributed by atoms with Gasteiger partial charge in [0.15, 0.2) is 0 Å². The van der Waals surface area contributed by atoms with Crippen molar-refractivity contribution in [3.8, 4) is 5.75 Å². The Kier molecular flexibility index (Phi) is 8.38. The number of ether oxygens (including phenoxy) is 2. The van der Waals surface area contributed by atoms with Gasteiger partial charge in [0.2, 0.25) is 0 Å². The zero-order valence-corrected chi connectivity index (χ0v) is 22.9. The minimum Gasteiger partial charge on any atom is -0.507 e. The van der Waals surface area contributed by atoms with Crippen LogP contribution < -0.4 is 9.64 Å². The number of benzene rings is 2. The fourth-order valence-electron chi connectivity index (χ4n) is 5.10. The molecular weight excluding hydrogens is 480 g/mol. The molecule has 2 heterocycles. The smallest absolute Gasteiger partial charge is 0.295 e. The molecule has 1 atom stereocenters. The summed E-state index contributed by atoms with van der Waals surface area (Å²) in [7, 11) is 0. The minimum absolute atomic E-state index is 0.0352. The fraction of sp³-hybridized carbons (Fsp3) is 0.419. The van der Waals surface area contributed by atoms with Crippen LogP contribution in [0, 0.1) is 6.92 Å². The van der Waals surface area contributed by atoms with Crippen LogP contribution in [0.4, 0.5) is 0 Å². The van der Waals surface area contributed by atoms with Crippen molar-refractivity contribution in [2.75, 3.05) is 46.0 Å². The van der Waals surface area contributed by atoms with Crippen molar-refractivity contribution in [3.05, 3.63) is 82.9 Å². The van der Waals surface area contributed by atoms with Crippen LogP contribution in [0.3, 0.4) is 0 Å². The zero-order valence-electron chi connectivity index (χ0n) is 22.9. The molecule has 0 aromatic heterocycles. The number of carbonyl (C=O) groups excluding carboxylic acids is 2. The number of aliphatic hydroxyl groups excluding tert-OH is 1. The number of rotatable bonds is 8. The number of nitrogens with one attached hydrogen (secondary N) is 1. The summed E-state index contributed by atoms with van der Waals surface area (Å²) in [4.78, 5) is 29.8. The first-order valence-corrected chi connectivity index (χ1v) is 13.3. The summed E-state index contributed by atoms with van der Waals surface area (Å²) >= 11 is 0. The van der Waals surface area contributed by atoms with Gasteiger partial charge in [-0.15, -0.1) is 0 Å². The van der Waals surface area contributed by atoms with E-state index in [0.717, 1.165) is 29.8 Å². The number of carbonyl (C=O) groups is 2. The van der Waals surface area contributed by atoms with Crippen LogP contribution in [-0.2, 0) is 19.7 Å². The predicted molar refractivity (Wildman–Crippen MR) is 147 cm³/mol. The number of likely N-dealkylation sites (tertiary alicyclic amines) is 1. The van der Waals surface area contributed by atoms with Gasteiger partial charge in [-0.25, -0.2) is 0 Å². The molecule has 2 N–H and O–H groups in total. The molecule has 0 unspecified atom stereocenters. The maximum Gasteiger partial charge on any atom is 0.295 e. The second kappa shape index (κ2) is 11.5. The van der Waals surface area contributed by atoms with Crippen molar-refractivity contribution in [3.63, 3.8) is 0 Å². The monoisotopic (exact) mass is 519 g/mol. The molecule has 2 fully saturated rings. The number of hydrogen-bond donors (Lipinski definition) is 2. The second-order valence-electron chi connectivity index (χ2n) is 11.1. The molecule has 2 aliphatic heterocycles. The first-order chi connectivity index (χ1) is 18.1. The lowest BCUT2D eigenvalue weighted by Gasteiger charge is -2.29. The van der Waals surface area contributed by atoms with Crippen LogP contribution in [0.15, 0.2) is 60.7 Å². The quantitative estimate of drug-likeness (QED) is 0.242. The average molecular weight is 520 g/mol. The molecule has 202 valence electrons. The highest BCUT2D eigenvalue weighted by molar-refractivity contribution is 6.46. The lowest BCUT2D eigenvalue weighted by Crippen LogP contribution is -3.14. The fourth-order valence-corrected chi connectivity index (χ4v) is 5.10. The number of amides is 1. The van der Waals surface area contributed by atoms with Gasteiger partial charge in [0.05, 0.1) is 37.9 Å². The van der Waals surface area contributed by atoms with Gasteiger partial charge in [-0.05, 0) is 47.2 Å². The van der Waals surface area contributed by atoms with Gasteiger partial charge in [-0.2, -0.15) is 0 Å². The highest BCUT2D eigenvalue weighted by Crippen LogP contribution is 2.40. The van der Waals surface area contributed by atoms with Crippen molar-refractivity contribution in [2.45, 2.75) is 39.2 Å². The Bertz CT molecular complexity index is 1220. The Morgan fingerprint density at radius 3 is 2.45 bits per heavy atom. The van der Waals surface area contributed by atoms with E-state index in [0.29, 0.717) is 44.2 Å². The SMILES string of the molecule is C=CCOc1ccc(C(O)=C2C(=O)C(=O)N(CC[NH+]3CCOCC3)[C@H]2c2ccc(C(C)(C)C)cc2)c(C)c1. The van der Waals surface area contributed by atoms with Gasteiger partial charge >= 0.3 is 0 Å². The van der Waals surface area contributed by atoms with Gasteiger partial charge in [0.25, 0.3) is 11.7 Å². The zero-order chi connectivity index (χ0) is 27.4. The van der Waals surface area contributed by atoms with Crippen molar-refractivity contribution < 1.29 is 29.1 Å². The third kappa shape index (κ3) is 5.84. The summed E-state index contributed by atoms with van der Waals surface area (Å²) in [5.41, 5.74) is 3.30. The standard InChI is InChI=1S/C31H38N2O5/c1-6-17-38-24-11-12-25(21(2)20-24)28(34)26-27(22-7-9-23(10-8-22)31(3,4)5)33(30(36)29(26)35)14-13-32-15-18-37-19-16-32/h6-12,20,27,34H,1,13-19H2,2-5H3/p+1/t27-/m0/s1. The van der Waals surface area contributed by atoms with Gasteiger partial charge < -0.3 is 24.4 Å². The molecule has 2 saturated heterocycles. The minimum atomic E-state index is -0.666. The molecule has 38 heavy (non-hydrogen) atoms. The van der Waals surface area contributed by atoms with Crippen molar-refractivity contribution in [2.24, 2.45) is 0 Å². The number of hydrogen-bond acceptors (Lipinski definition) is 5. The first kappa shape index (κ1) is 27.6. The van der Waals surface area contributed by atoms with Gasteiger partial charge in [-0.1, -0.05) is 57.7 Å². The Labute approximate surface area is 225 Å².